The molecular weight excluding hydrogens is 251 g/mol. The highest BCUT2D eigenvalue weighted by Gasteiger charge is 2.23. The molecule has 1 aromatic carbocycles. The molecule has 1 aliphatic heterocycles. The maximum atomic E-state index is 13.4. The van der Waals surface area contributed by atoms with Crippen molar-refractivity contribution in [1.29, 1.82) is 0 Å². The molecule has 0 radical (unpaired) electrons. The third-order valence-electron chi connectivity index (χ3n) is 3.45. The first kappa shape index (κ1) is 13.7. The smallest absolute Gasteiger partial charge is 0.346 e. The van der Waals surface area contributed by atoms with Gasteiger partial charge in [0.1, 0.15) is 0 Å². The van der Waals surface area contributed by atoms with E-state index >= 15 is 0 Å². The van der Waals surface area contributed by atoms with E-state index in [-0.39, 0.29) is 5.75 Å². The number of hydrogen-bond acceptors (Lipinski definition) is 4. The standard InChI is InChI=1S/C13H17FN2O3/c1-15-7-5-10(6-8-15)9-19-12-4-2-3-11(14)13(12)16(17)18/h2-4,10H,5-9H2,1H3. The van der Waals surface area contributed by atoms with Crippen molar-refractivity contribution in [3.05, 3.63) is 34.1 Å². The van der Waals surface area contributed by atoms with Crippen LogP contribution in [0.2, 0.25) is 0 Å². The molecule has 19 heavy (non-hydrogen) atoms. The van der Waals surface area contributed by atoms with E-state index in [1.807, 2.05) is 0 Å². The number of piperidine rings is 1. The summed E-state index contributed by atoms with van der Waals surface area (Å²) >= 11 is 0. The van der Waals surface area contributed by atoms with Gasteiger partial charge in [0, 0.05) is 0 Å². The monoisotopic (exact) mass is 268 g/mol. The molecule has 0 N–H and O–H groups in total. The minimum absolute atomic E-state index is 0.0175. The van der Waals surface area contributed by atoms with E-state index in [1.165, 1.54) is 12.1 Å². The summed E-state index contributed by atoms with van der Waals surface area (Å²) in [5.74, 6) is -0.464. The van der Waals surface area contributed by atoms with E-state index in [1.54, 1.807) is 0 Å². The molecule has 0 bridgehead atoms. The van der Waals surface area contributed by atoms with E-state index in [0.717, 1.165) is 32.0 Å². The molecular formula is C13H17FN2O3. The lowest BCUT2D eigenvalue weighted by Crippen LogP contribution is -2.32. The van der Waals surface area contributed by atoms with E-state index in [2.05, 4.69) is 11.9 Å². The Hall–Kier alpha value is -1.69. The summed E-state index contributed by atoms with van der Waals surface area (Å²) in [6.07, 6.45) is 2.00. The molecule has 5 nitrogen and oxygen atoms in total. The molecule has 1 heterocycles. The van der Waals surface area contributed by atoms with Gasteiger partial charge in [-0.3, -0.25) is 10.1 Å². The number of nitrogens with zero attached hydrogens (tertiary/aromatic N) is 2. The summed E-state index contributed by atoms with van der Waals surface area (Å²) in [6.45, 7) is 2.40. The van der Waals surface area contributed by atoms with Gasteiger partial charge in [0.2, 0.25) is 5.82 Å². The number of nitro benzene ring substituents is 1. The number of halogens is 1. The van der Waals surface area contributed by atoms with Gasteiger partial charge in [-0.05, 0) is 51.0 Å². The maximum Gasteiger partial charge on any atom is 0.346 e. The maximum absolute atomic E-state index is 13.4. The van der Waals surface area contributed by atoms with E-state index < -0.39 is 16.4 Å². The second kappa shape index (κ2) is 5.97. The average Bonchev–Trinajstić information content (AvgIpc) is 2.37. The Morgan fingerprint density at radius 3 is 2.79 bits per heavy atom. The van der Waals surface area contributed by atoms with E-state index in [9.17, 15) is 14.5 Å². The molecule has 0 unspecified atom stereocenters. The topological polar surface area (TPSA) is 55.6 Å². The molecule has 1 aliphatic rings. The van der Waals surface area contributed by atoms with Crippen LogP contribution in [0.25, 0.3) is 0 Å². The normalized spacial score (nSPS) is 17.4. The van der Waals surface area contributed by atoms with Crippen LogP contribution in [0.3, 0.4) is 0 Å². The summed E-state index contributed by atoms with van der Waals surface area (Å²) < 4.78 is 18.8. The number of benzene rings is 1. The first-order chi connectivity index (χ1) is 9.08. The van der Waals surface area contributed by atoms with Gasteiger partial charge >= 0.3 is 5.69 Å². The largest absolute Gasteiger partial charge is 0.486 e. The van der Waals surface area contributed by atoms with Gasteiger partial charge in [0.25, 0.3) is 0 Å². The predicted octanol–water partition coefficient (Wildman–Crippen LogP) is 2.45. The molecule has 104 valence electrons. The van der Waals surface area contributed by atoms with Crippen molar-refractivity contribution in [2.45, 2.75) is 12.8 Å². The Labute approximate surface area is 111 Å². The van der Waals surface area contributed by atoms with Gasteiger partial charge in [-0.25, -0.2) is 0 Å². The van der Waals surface area contributed by atoms with Crippen LogP contribution in [0.5, 0.6) is 5.75 Å². The molecule has 0 aromatic heterocycles. The highest BCUT2D eigenvalue weighted by Crippen LogP contribution is 2.30. The van der Waals surface area contributed by atoms with E-state index in [4.69, 9.17) is 4.74 Å². The zero-order valence-electron chi connectivity index (χ0n) is 10.8. The van der Waals surface area contributed by atoms with Crippen molar-refractivity contribution in [2.24, 2.45) is 5.92 Å². The predicted molar refractivity (Wildman–Crippen MR) is 68.8 cm³/mol. The van der Waals surface area contributed by atoms with Crippen LogP contribution in [0.15, 0.2) is 18.2 Å². The molecule has 1 fully saturated rings. The molecule has 0 atom stereocenters. The number of likely N-dealkylation sites (tertiary alicyclic amines) is 1. The van der Waals surface area contributed by atoms with Crippen LogP contribution < -0.4 is 4.74 Å². The van der Waals surface area contributed by atoms with Crippen molar-refractivity contribution in [3.8, 4) is 5.75 Å². The summed E-state index contributed by atoms with van der Waals surface area (Å²) in [6, 6.07) is 3.93. The Balaban J connectivity index is 2.00. The highest BCUT2D eigenvalue weighted by atomic mass is 19.1. The Kier molecular flexibility index (Phi) is 4.31. The molecule has 0 saturated carbocycles. The molecule has 0 amide bonds. The quantitative estimate of drug-likeness (QED) is 0.621. The Bertz CT molecular complexity index is 459. The first-order valence-corrected chi connectivity index (χ1v) is 6.32. The second-order valence-electron chi connectivity index (χ2n) is 4.90. The zero-order chi connectivity index (χ0) is 13.8. The molecule has 1 saturated heterocycles. The lowest BCUT2D eigenvalue weighted by atomic mass is 9.98. The van der Waals surface area contributed by atoms with Crippen molar-refractivity contribution in [3.63, 3.8) is 0 Å². The number of hydrogen-bond donors (Lipinski definition) is 0. The van der Waals surface area contributed by atoms with Crippen LogP contribution in [0.1, 0.15) is 12.8 Å². The third kappa shape index (κ3) is 3.41. The van der Waals surface area contributed by atoms with Gasteiger partial charge in [-0.1, -0.05) is 6.07 Å². The lowest BCUT2D eigenvalue weighted by molar-refractivity contribution is -0.388. The van der Waals surface area contributed by atoms with Gasteiger partial charge in [-0.2, -0.15) is 4.39 Å². The fourth-order valence-corrected chi connectivity index (χ4v) is 2.23. The molecule has 0 aliphatic carbocycles. The second-order valence-corrected chi connectivity index (χ2v) is 4.90. The highest BCUT2D eigenvalue weighted by molar-refractivity contribution is 5.47. The fourth-order valence-electron chi connectivity index (χ4n) is 2.23. The zero-order valence-corrected chi connectivity index (χ0v) is 10.8. The van der Waals surface area contributed by atoms with Crippen molar-refractivity contribution >= 4 is 5.69 Å². The van der Waals surface area contributed by atoms with Crippen molar-refractivity contribution in [2.75, 3.05) is 26.7 Å². The first-order valence-electron chi connectivity index (χ1n) is 6.32. The van der Waals surface area contributed by atoms with Crippen LogP contribution in [-0.2, 0) is 0 Å². The van der Waals surface area contributed by atoms with Crippen LogP contribution >= 0.6 is 0 Å². The number of nitro groups is 1. The van der Waals surface area contributed by atoms with Gasteiger partial charge in [0.15, 0.2) is 5.75 Å². The van der Waals surface area contributed by atoms with Gasteiger partial charge < -0.3 is 9.64 Å². The Morgan fingerprint density at radius 2 is 2.16 bits per heavy atom. The SMILES string of the molecule is CN1CCC(COc2cccc(F)c2[N+](=O)[O-])CC1. The molecule has 2 rings (SSSR count). The van der Waals surface area contributed by atoms with Crippen LogP contribution in [0, 0.1) is 21.8 Å². The van der Waals surface area contributed by atoms with Gasteiger partial charge in [-0.15, -0.1) is 0 Å². The summed E-state index contributed by atoms with van der Waals surface area (Å²) in [5, 5.41) is 10.8. The lowest BCUT2D eigenvalue weighted by Gasteiger charge is -2.28. The van der Waals surface area contributed by atoms with Crippen LogP contribution in [-0.4, -0.2) is 36.6 Å². The summed E-state index contributed by atoms with van der Waals surface area (Å²) in [4.78, 5) is 12.3. The fraction of sp³-hybridized carbons (Fsp3) is 0.538. The summed E-state index contributed by atoms with van der Waals surface area (Å²) in [7, 11) is 2.06. The van der Waals surface area contributed by atoms with E-state index in [0.29, 0.717) is 12.5 Å². The Morgan fingerprint density at radius 1 is 1.47 bits per heavy atom. The summed E-state index contributed by atoms with van der Waals surface area (Å²) in [5.41, 5.74) is -0.574. The number of para-hydroxylation sites is 1. The third-order valence-corrected chi connectivity index (χ3v) is 3.45. The van der Waals surface area contributed by atoms with Crippen LogP contribution in [0.4, 0.5) is 10.1 Å². The molecule has 0 spiro atoms. The minimum Gasteiger partial charge on any atom is -0.486 e. The number of ether oxygens (including phenoxy) is 1. The average molecular weight is 268 g/mol. The van der Waals surface area contributed by atoms with Gasteiger partial charge in [0.05, 0.1) is 11.5 Å². The van der Waals surface area contributed by atoms with Crippen molar-refractivity contribution < 1.29 is 14.1 Å². The minimum atomic E-state index is -0.856. The number of rotatable bonds is 4. The molecule has 1 aromatic rings. The molecule has 6 heteroatoms. The van der Waals surface area contributed by atoms with Crippen molar-refractivity contribution in [1.82, 2.24) is 4.90 Å².